The van der Waals surface area contributed by atoms with Gasteiger partial charge in [-0.05, 0) is 12.8 Å². The summed E-state index contributed by atoms with van der Waals surface area (Å²) in [6.45, 7) is 5.29. The van der Waals surface area contributed by atoms with Crippen LogP contribution in [0.25, 0.3) is 0 Å². The van der Waals surface area contributed by atoms with Gasteiger partial charge in [0.2, 0.25) is 0 Å². The first-order valence-corrected chi connectivity index (χ1v) is 4.76. The Morgan fingerprint density at radius 3 is 2.27 bits per heavy atom. The van der Waals surface area contributed by atoms with Gasteiger partial charge < -0.3 is 9.84 Å². The molecule has 88 valence electrons. The second-order valence-corrected chi connectivity index (χ2v) is 3.70. The molecule has 0 bridgehead atoms. The molecule has 0 saturated heterocycles. The lowest BCUT2D eigenvalue weighted by atomic mass is 10.1. The van der Waals surface area contributed by atoms with E-state index in [2.05, 4.69) is 0 Å². The lowest BCUT2D eigenvalue weighted by Crippen LogP contribution is -2.19. The summed E-state index contributed by atoms with van der Waals surface area (Å²) < 4.78 is 4.75. The summed E-state index contributed by atoms with van der Waals surface area (Å²) in [7, 11) is 0. The van der Waals surface area contributed by atoms with Crippen molar-refractivity contribution in [1.29, 1.82) is 0 Å². The molecular weight excluding hydrogens is 211 g/mol. The predicted octanol–water partition coefficient (Wildman–Crippen LogP) is -0.268. The molecule has 0 amide bonds. The molecule has 0 aromatic rings. The topological polar surface area (TPSA) is 63.6 Å². The Morgan fingerprint density at radius 2 is 1.87 bits per heavy atom. The molecule has 0 aliphatic carbocycles. The Bertz CT molecular complexity index is 204. The lowest BCUT2D eigenvalue weighted by Gasteiger charge is -2.13. The smallest absolute Gasteiger partial charge is 0.313 e. The van der Waals surface area contributed by atoms with Crippen molar-refractivity contribution in [3.8, 4) is 0 Å². The third-order valence-corrected chi connectivity index (χ3v) is 1.84. The Balaban J connectivity index is 0. The molecule has 1 N–H and O–H groups in total. The maximum absolute atomic E-state index is 10.9. The van der Waals surface area contributed by atoms with E-state index in [4.69, 9.17) is 4.74 Å². The molecule has 15 heavy (non-hydrogen) atoms. The summed E-state index contributed by atoms with van der Waals surface area (Å²) in [5.41, 5.74) is 0. The van der Waals surface area contributed by atoms with Crippen molar-refractivity contribution in [2.75, 3.05) is 6.61 Å². The normalized spacial score (nSPS) is 11.8. The molecule has 0 aliphatic rings. The highest BCUT2D eigenvalue weighted by Crippen LogP contribution is 2.05. The second-order valence-electron chi connectivity index (χ2n) is 3.70. The van der Waals surface area contributed by atoms with E-state index in [0.29, 0.717) is 6.42 Å². The summed E-state index contributed by atoms with van der Waals surface area (Å²) in [5.74, 6) is -0.575. The third kappa shape index (κ3) is 9.93. The molecule has 1 atom stereocenters. The van der Waals surface area contributed by atoms with Crippen LogP contribution in [0.2, 0.25) is 0 Å². The summed E-state index contributed by atoms with van der Waals surface area (Å²) in [6, 6.07) is 0. The maximum Gasteiger partial charge on any atom is 0.313 e. The van der Waals surface area contributed by atoms with Crippen LogP contribution in [0.5, 0.6) is 0 Å². The van der Waals surface area contributed by atoms with Gasteiger partial charge >= 0.3 is 5.97 Å². The molecule has 0 spiro atoms. The zero-order valence-electron chi connectivity index (χ0n) is 8.95. The maximum atomic E-state index is 10.9. The minimum Gasteiger partial charge on any atom is -0.465 e. The molecule has 0 fully saturated rings. The van der Waals surface area contributed by atoms with Crippen LogP contribution in [-0.4, -0.2) is 46.9 Å². The van der Waals surface area contributed by atoms with Crippen LogP contribution in [0.3, 0.4) is 0 Å². The number of hydrogen-bond donors (Lipinski definition) is 1. The van der Waals surface area contributed by atoms with Gasteiger partial charge in [-0.1, -0.05) is 13.8 Å². The minimum atomic E-state index is -0.520. The molecule has 0 aromatic carbocycles. The number of aliphatic hydroxyl groups excluding tert-OH is 1. The Morgan fingerprint density at radius 1 is 1.33 bits per heavy atom. The Hall–Kier alpha value is -0.368. The van der Waals surface area contributed by atoms with Crippen LogP contribution < -0.4 is 0 Å². The van der Waals surface area contributed by atoms with Gasteiger partial charge in [-0.25, -0.2) is 0 Å². The second kappa shape index (κ2) is 8.90. The molecule has 0 aliphatic heterocycles. The van der Waals surface area contributed by atoms with E-state index >= 15 is 0 Å². The molecule has 1 unspecified atom stereocenters. The van der Waals surface area contributed by atoms with Crippen molar-refractivity contribution in [3.63, 3.8) is 0 Å². The quantitative estimate of drug-likeness (QED) is 0.389. The molecule has 0 aromatic heterocycles. The molecule has 0 heterocycles. The monoisotopic (exact) mass is 232 g/mol. The third-order valence-electron chi connectivity index (χ3n) is 1.84. The van der Waals surface area contributed by atoms with E-state index in [1.54, 1.807) is 0 Å². The molecule has 0 saturated carbocycles. The van der Waals surface area contributed by atoms with E-state index in [9.17, 15) is 14.7 Å². The van der Waals surface area contributed by atoms with Crippen molar-refractivity contribution in [3.05, 3.63) is 0 Å². The van der Waals surface area contributed by atoms with Crippen molar-refractivity contribution < 1.29 is 19.4 Å². The van der Waals surface area contributed by atoms with Gasteiger partial charge in [0.05, 0.1) is 12.7 Å². The average molecular weight is 232 g/mol. The number of rotatable bonds is 6. The highest BCUT2D eigenvalue weighted by atomic mass is 27.0. The average Bonchev–Trinajstić information content (AvgIpc) is 2.02. The fourth-order valence-corrected chi connectivity index (χ4v) is 0.881. The molecule has 0 radical (unpaired) electrons. The number of hydrogen-bond acceptors (Lipinski definition) is 4. The first-order valence-electron chi connectivity index (χ1n) is 4.76. The number of ether oxygens (including phenoxy) is 1. The number of esters is 1. The van der Waals surface area contributed by atoms with E-state index < -0.39 is 12.1 Å². The number of aliphatic hydroxyl groups is 1. The van der Waals surface area contributed by atoms with Gasteiger partial charge in [0.15, 0.2) is 17.4 Å². The van der Waals surface area contributed by atoms with Crippen LogP contribution in [0.1, 0.15) is 33.6 Å². The van der Waals surface area contributed by atoms with Gasteiger partial charge in [-0.2, -0.15) is 0 Å². The van der Waals surface area contributed by atoms with Crippen LogP contribution >= 0.6 is 0 Å². The standard InChI is InChI=1S/C10H18O4.Al.3H/c1-7(2)9(12)4-5-14-10(13)6-8(3)11;;;;/h7,9,12H,4-6H2,1-3H3;;;;. The van der Waals surface area contributed by atoms with Gasteiger partial charge in [0, 0.05) is 6.42 Å². The number of ketones is 1. The van der Waals surface area contributed by atoms with E-state index in [0.717, 1.165) is 0 Å². The highest BCUT2D eigenvalue weighted by molar-refractivity contribution is 5.94. The number of carbonyl (C=O) groups excluding carboxylic acids is 2. The SMILES string of the molecule is CC(=O)CC(=O)OCCC(O)C(C)C.[AlH3]. The zero-order valence-corrected chi connectivity index (χ0v) is 8.95. The largest absolute Gasteiger partial charge is 0.465 e. The highest BCUT2D eigenvalue weighted by Gasteiger charge is 2.11. The van der Waals surface area contributed by atoms with Gasteiger partial charge in [-0.3, -0.25) is 9.59 Å². The molecular formula is C10H21AlO4. The van der Waals surface area contributed by atoms with Gasteiger partial charge in [0.1, 0.15) is 12.2 Å². The predicted molar refractivity (Wildman–Crippen MR) is 61.7 cm³/mol. The Labute approximate surface area is 101 Å². The molecule has 4 nitrogen and oxygen atoms in total. The zero-order chi connectivity index (χ0) is 11.1. The van der Waals surface area contributed by atoms with E-state index in [1.165, 1.54) is 6.92 Å². The summed E-state index contributed by atoms with van der Waals surface area (Å²) >= 11 is 0. The van der Waals surface area contributed by atoms with E-state index in [1.807, 2.05) is 13.8 Å². The summed E-state index contributed by atoms with van der Waals surface area (Å²) in [5, 5.41) is 9.36. The summed E-state index contributed by atoms with van der Waals surface area (Å²) in [6.07, 6.45) is -0.223. The first-order chi connectivity index (χ1) is 6.43. The van der Waals surface area contributed by atoms with Crippen LogP contribution in [0.4, 0.5) is 0 Å². The molecule has 0 rings (SSSR count). The van der Waals surface area contributed by atoms with Crippen LogP contribution in [-0.2, 0) is 14.3 Å². The van der Waals surface area contributed by atoms with Crippen molar-refractivity contribution in [2.45, 2.75) is 39.7 Å². The van der Waals surface area contributed by atoms with Crippen LogP contribution in [0.15, 0.2) is 0 Å². The minimum absolute atomic E-state index is 0. The van der Waals surface area contributed by atoms with Crippen molar-refractivity contribution in [2.24, 2.45) is 5.92 Å². The lowest BCUT2D eigenvalue weighted by molar-refractivity contribution is -0.146. The first kappa shape index (κ1) is 17.0. The summed E-state index contributed by atoms with van der Waals surface area (Å²) in [4.78, 5) is 21.4. The van der Waals surface area contributed by atoms with Gasteiger partial charge in [-0.15, -0.1) is 0 Å². The number of carbonyl (C=O) groups is 2. The Kier molecular flexibility index (Phi) is 10.1. The number of Topliss-reactive ketones (excluding diaryl/α,β-unsaturated/α-hetero) is 1. The van der Waals surface area contributed by atoms with Crippen molar-refractivity contribution in [1.82, 2.24) is 0 Å². The fraction of sp³-hybridized carbons (Fsp3) is 0.800. The van der Waals surface area contributed by atoms with Gasteiger partial charge in [0.25, 0.3) is 0 Å². The fourth-order valence-electron chi connectivity index (χ4n) is 0.881. The van der Waals surface area contributed by atoms with E-state index in [-0.39, 0.29) is 42.1 Å². The van der Waals surface area contributed by atoms with Crippen LogP contribution in [0, 0.1) is 5.92 Å². The van der Waals surface area contributed by atoms with Crippen molar-refractivity contribution >= 4 is 29.1 Å². The molecule has 5 heteroatoms.